The normalized spacial score (nSPS) is 13.6. The SMILES string of the molecule is COCCCn1c(-c2cccc(OC)c2)nc(=S)c2c1CCCC2. The molecule has 0 aliphatic heterocycles. The van der Waals surface area contributed by atoms with Crippen LogP contribution < -0.4 is 4.74 Å². The summed E-state index contributed by atoms with van der Waals surface area (Å²) < 4.78 is 13.7. The van der Waals surface area contributed by atoms with Crippen LogP contribution in [0, 0.1) is 4.64 Å². The summed E-state index contributed by atoms with van der Waals surface area (Å²) in [5.74, 6) is 1.78. The van der Waals surface area contributed by atoms with Crippen molar-refractivity contribution < 1.29 is 9.47 Å². The predicted molar refractivity (Wildman–Crippen MR) is 98.2 cm³/mol. The van der Waals surface area contributed by atoms with Crippen molar-refractivity contribution in [2.45, 2.75) is 38.6 Å². The van der Waals surface area contributed by atoms with Gasteiger partial charge in [0.1, 0.15) is 16.2 Å². The highest BCUT2D eigenvalue weighted by molar-refractivity contribution is 7.71. The maximum absolute atomic E-state index is 5.60. The molecule has 24 heavy (non-hydrogen) atoms. The molecule has 0 amide bonds. The van der Waals surface area contributed by atoms with Crippen LogP contribution in [-0.2, 0) is 24.1 Å². The Hall–Kier alpha value is -1.72. The summed E-state index contributed by atoms with van der Waals surface area (Å²) in [4.78, 5) is 4.79. The van der Waals surface area contributed by atoms with Crippen LogP contribution in [0.3, 0.4) is 0 Å². The lowest BCUT2D eigenvalue weighted by Crippen LogP contribution is -2.19. The molecule has 128 valence electrons. The number of fused-ring (bicyclic) bond motifs is 1. The van der Waals surface area contributed by atoms with Gasteiger partial charge in [0.05, 0.1) is 7.11 Å². The van der Waals surface area contributed by atoms with Crippen LogP contribution >= 0.6 is 12.2 Å². The number of hydrogen-bond donors (Lipinski definition) is 0. The molecule has 0 N–H and O–H groups in total. The Morgan fingerprint density at radius 1 is 1.21 bits per heavy atom. The minimum Gasteiger partial charge on any atom is -0.497 e. The first-order valence-electron chi connectivity index (χ1n) is 8.50. The molecule has 1 aliphatic rings. The second-order valence-electron chi connectivity index (χ2n) is 6.10. The zero-order chi connectivity index (χ0) is 16.9. The average molecular weight is 344 g/mol. The zero-order valence-corrected chi connectivity index (χ0v) is 15.2. The van der Waals surface area contributed by atoms with E-state index < -0.39 is 0 Å². The minimum atomic E-state index is 0.745. The number of methoxy groups -OCH3 is 2. The Kier molecular flexibility index (Phi) is 5.63. The Balaban J connectivity index is 2.12. The van der Waals surface area contributed by atoms with Gasteiger partial charge in [-0.1, -0.05) is 24.4 Å². The van der Waals surface area contributed by atoms with Crippen molar-refractivity contribution in [1.82, 2.24) is 9.55 Å². The van der Waals surface area contributed by atoms with Gasteiger partial charge < -0.3 is 14.0 Å². The number of aromatic nitrogens is 2. The molecule has 0 spiro atoms. The van der Waals surface area contributed by atoms with Gasteiger partial charge in [-0.2, -0.15) is 0 Å². The average Bonchev–Trinajstić information content (AvgIpc) is 2.63. The number of hydrogen-bond acceptors (Lipinski definition) is 4. The Morgan fingerprint density at radius 3 is 2.83 bits per heavy atom. The van der Waals surface area contributed by atoms with E-state index in [1.165, 1.54) is 24.1 Å². The fraction of sp³-hybridized carbons (Fsp3) is 0.474. The topological polar surface area (TPSA) is 36.3 Å². The largest absolute Gasteiger partial charge is 0.497 e. The summed E-state index contributed by atoms with van der Waals surface area (Å²) in [6, 6.07) is 8.05. The molecule has 4 nitrogen and oxygen atoms in total. The van der Waals surface area contributed by atoms with Crippen molar-refractivity contribution in [2.24, 2.45) is 0 Å². The molecule has 3 rings (SSSR count). The Bertz CT molecular complexity index is 770. The van der Waals surface area contributed by atoms with Gasteiger partial charge in [0.2, 0.25) is 0 Å². The Labute approximate surface area is 148 Å². The van der Waals surface area contributed by atoms with Crippen molar-refractivity contribution in [1.29, 1.82) is 0 Å². The van der Waals surface area contributed by atoms with Crippen LogP contribution in [-0.4, -0.2) is 30.4 Å². The molecule has 1 heterocycles. The lowest BCUT2D eigenvalue weighted by molar-refractivity contribution is 0.190. The number of ether oxygens (including phenoxy) is 2. The van der Waals surface area contributed by atoms with Crippen molar-refractivity contribution in [3.05, 3.63) is 40.2 Å². The first-order chi connectivity index (χ1) is 11.7. The number of benzene rings is 1. The van der Waals surface area contributed by atoms with Gasteiger partial charge in [-0.3, -0.25) is 0 Å². The van der Waals surface area contributed by atoms with E-state index in [9.17, 15) is 0 Å². The fourth-order valence-electron chi connectivity index (χ4n) is 3.36. The van der Waals surface area contributed by atoms with E-state index >= 15 is 0 Å². The van der Waals surface area contributed by atoms with Gasteiger partial charge in [0, 0.05) is 37.1 Å². The standard InChI is InChI=1S/C19H24N2O2S/c1-22-12-6-11-21-17-10-4-3-9-16(17)19(24)20-18(21)14-7-5-8-15(13-14)23-2/h5,7-8,13H,3-4,6,9-12H2,1-2H3. The molecule has 1 aromatic carbocycles. The van der Waals surface area contributed by atoms with Crippen LogP contribution in [0.5, 0.6) is 5.75 Å². The second-order valence-corrected chi connectivity index (χ2v) is 6.49. The maximum atomic E-state index is 5.60. The molecule has 0 saturated heterocycles. The molecular formula is C19H24N2O2S. The first kappa shape index (κ1) is 17.1. The van der Waals surface area contributed by atoms with Crippen molar-refractivity contribution in [3.63, 3.8) is 0 Å². The third-order valence-corrected chi connectivity index (χ3v) is 4.88. The summed E-state index contributed by atoms with van der Waals surface area (Å²) in [6.45, 7) is 1.64. The predicted octanol–water partition coefficient (Wildman–Crippen LogP) is 4.20. The highest BCUT2D eigenvalue weighted by Crippen LogP contribution is 2.29. The molecule has 0 atom stereocenters. The first-order valence-corrected chi connectivity index (χ1v) is 8.91. The van der Waals surface area contributed by atoms with Gasteiger partial charge in [-0.25, -0.2) is 4.98 Å². The van der Waals surface area contributed by atoms with E-state index in [4.69, 9.17) is 26.7 Å². The van der Waals surface area contributed by atoms with E-state index in [0.29, 0.717) is 0 Å². The Morgan fingerprint density at radius 2 is 2.04 bits per heavy atom. The van der Waals surface area contributed by atoms with Crippen molar-refractivity contribution in [2.75, 3.05) is 20.8 Å². The summed E-state index contributed by atoms with van der Waals surface area (Å²) in [5, 5.41) is 0. The highest BCUT2D eigenvalue weighted by atomic mass is 32.1. The third kappa shape index (κ3) is 3.52. The van der Waals surface area contributed by atoms with Crippen LogP contribution in [0.4, 0.5) is 0 Å². The van der Waals surface area contributed by atoms with Crippen LogP contribution in [0.2, 0.25) is 0 Å². The van der Waals surface area contributed by atoms with Crippen molar-refractivity contribution >= 4 is 12.2 Å². The molecule has 1 aromatic heterocycles. The maximum Gasteiger partial charge on any atom is 0.141 e. The van der Waals surface area contributed by atoms with Crippen molar-refractivity contribution in [3.8, 4) is 17.1 Å². The third-order valence-electron chi connectivity index (χ3n) is 4.54. The van der Waals surface area contributed by atoms with E-state index in [-0.39, 0.29) is 0 Å². The monoisotopic (exact) mass is 344 g/mol. The molecule has 1 aliphatic carbocycles. The number of rotatable bonds is 6. The molecule has 5 heteroatoms. The molecule has 0 saturated carbocycles. The van der Waals surface area contributed by atoms with E-state index in [2.05, 4.69) is 10.6 Å². The second kappa shape index (κ2) is 7.90. The molecule has 2 aromatic rings. The zero-order valence-electron chi connectivity index (χ0n) is 14.4. The summed E-state index contributed by atoms with van der Waals surface area (Å²) in [7, 11) is 3.43. The molecule has 0 radical (unpaired) electrons. The van der Waals surface area contributed by atoms with Crippen LogP contribution in [0.1, 0.15) is 30.5 Å². The van der Waals surface area contributed by atoms with Crippen LogP contribution in [0.25, 0.3) is 11.4 Å². The lowest BCUT2D eigenvalue weighted by atomic mass is 9.96. The smallest absolute Gasteiger partial charge is 0.141 e. The van der Waals surface area contributed by atoms with Crippen LogP contribution in [0.15, 0.2) is 24.3 Å². The van der Waals surface area contributed by atoms with Gasteiger partial charge in [0.25, 0.3) is 0 Å². The highest BCUT2D eigenvalue weighted by Gasteiger charge is 2.19. The minimum absolute atomic E-state index is 0.745. The summed E-state index contributed by atoms with van der Waals surface area (Å²) >= 11 is 5.60. The quantitative estimate of drug-likeness (QED) is 0.581. The summed E-state index contributed by atoms with van der Waals surface area (Å²) in [5.41, 5.74) is 3.67. The molecule has 0 fully saturated rings. The summed E-state index contributed by atoms with van der Waals surface area (Å²) in [6.07, 6.45) is 5.50. The number of nitrogens with zero attached hydrogens (tertiary/aromatic N) is 2. The fourth-order valence-corrected chi connectivity index (χ4v) is 3.67. The van der Waals surface area contributed by atoms with Gasteiger partial charge in [-0.05, 0) is 44.2 Å². The molecule has 0 bridgehead atoms. The van der Waals surface area contributed by atoms with E-state index in [1.54, 1.807) is 14.2 Å². The van der Waals surface area contributed by atoms with Gasteiger partial charge >= 0.3 is 0 Å². The van der Waals surface area contributed by atoms with E-state index in [0.717, 1.165) is 54.2 Å². The molecular weight excluding hydrogens is 320 g/mol. The van der Waals surface area contributed by atoms with Gasteiger partial charge in [0.15, 0.2) is 0 Å². The van der Waals surface area contributed by atoms with Gasteiger partial charge in [-0.15, -0.1) is 0 Å². The lowest BCUT2D eigenvalue weighted by Gasteiger charge is -2.24. The van der Waals surface area contributed by atoms with E-state index in [1.807, 2.05) is 18.2 Å². The molecule has 0 unspecified atom stereocenters.